The van der Waals surface area contributed by atoms with Crippen LogP contribution in [-0.2, 0) is 24.0 Å². The number of hydrogen-bond donors (Lipinski definition) is 4. The largest absolute Gasteiger partial charge is 0.346 e. The molecule has 3 rings (SSSR count). The first-order valence-corrected chi connectivity index (χ1v) is 17.8. The van der Waals surface area contributed by atoms with Crippen molar-refractivity contribution in [3.8, 4) is 12.3 Å². The van der Waals surface area contributed by atoms with Gasteiger partial charge in [0.15, 0.2) is 0 Å². The summed E-state index contributed by atoms with van der Waals surface area (Å²) in [6.07, 6.45) is 8.41. The van der Waals surface area contributed by atoms with Gasteiger partial charge in [-0.2, -0.15) is 0 Å². The number of amides is 6. The summed E-state index contributed by atoms with van der Waals surface area (Å²) < 4.78 is 0. The van der Waals surface area contributed by atoms with Gasteiger partial charge >= 0.3 is 6.03 Å². The van der Waals surface area contributed by atoms with Gasteiger partial charge in [-0.3, -0.25) is 24.0 Å². The van der Waals surface area contributed by atoms with E-state index >= 15 is 0 Å². The lowest BCUT2D eigenvalue weighted by atomic mass is 9.81. The molecule has 6 amide bonds. The number of likely N-dealkylation sites (tertiary alicyclic amines) is 2. The monoisotopic (exact) mass is 696 g/mol. The number of ketones is 1. The van der Waals surface area contributed by atoms with Gasteiger partial charge in [-0.05, 0) is 46.3 Å². The van der Waals surface area contributed by atoms with Gasteiger partial charge in [0.25, 0.3) is 5.91 Å². The summed E-state index contributed by atoms with van der Waals surface area (Å²) in [6.45, 7) is 24.7. The summed E-state index contributed by atoms with van der Waals surface area (Å²) in [4.78, 5) is 84.0. The summed E-state index contributed by atoms with van der Waals surface area (Å²) in [5, 5.41) is 11.2. The van der Waals surface area contributed by atoms with Crippen LogP contribution in [0.2, 0.25) is 0 Å². The quantitative estimate of drug-likeness (QED) is 0.132. The van der Waals surface area contributed by atoms with Crippen LogP contribution in [0.5, 0.6) is 0 Å². The highest BCUT2D eigenvalue weighted by molar-refractivity contribution is 6.38. The summed E-state index contributed by atoms with van der Waals surface area (Å²) in [6, 6.07) is -4.02. The fourth-order valence-corrected chi connectivity index (χ4v) is 7.24. The van der Waals surface area contributed by atoms with Gasteiger partial charge in [-0.1, -0.05) is 75.3 Å². The van der Waals surface area contributed by atoms with Crippen molar-refractivity contribution < 1.29 is 28.8 Å². The maximum Gasteiger partial charge on any atom is 0.315 e. The molecular weight excluding hydrogens is 636 g/mol. The molecule has 6 atom stereocenters. The molecule has 50 heavy (non-hydrogen) atoms. The van der Waals surface area contributed by atoms with E-state index in [1.807, 2.05) is 55.4 Å². The third-order valence-corrected chi connectivity index (χ3v) is 10.8. The van der Waals surface area contributed by atoms with Crippen molar-refractivity contribution in [1.82, 2.24) is 31.1 Å². The van der Waals surface area contributed by atoms with Crippen LogP contribution in [0.15, 0.2) is 12.7 Å². The smallest absolute Gasteiger partial charge is 0.315 e. The first-order chi connectivity index (χ1) is 23.0. The zero-order chi connectivity index (χ0) is 38.0. The van der Waals surface area contributed by atoms with Gasteiger partial charge in [0.2, 0.25) is 23.5 Å². The fraction of sp³-hybridized carbons (Fsp3) is 0.737. The molecule has 1 aliphatic carbocycles. The van der Waals surface area contributed by atoms with Gasteiger partial charge in [0, 0.05) is 39.0 Å². The van der Waals surface area contributed by atoms with Crippen LogP contribution >= 0.6 is 0 Å². The topological polar surface area (TPSA) is 157 Å². The van der Waals surface area contributed by atoms with Crippen molar-refractivity contribution in [2.75, 3.05) is 26.2 Å². The third kappa shape index (κ3) is 9.46. The lowest BCUT2D eigenvalue weighted by molar-refractivity contribution is -0.145. The SMILES string of the molecule is C#CCCC(NC(=O)[C@@H]1[C@@H]2[C@H](CN1C(=O)[C@@H](NC(=O)N[C@@H](CN1CCC(C)(C)CC1=O)C(C)(C)C)C(C)(C)C)C2(C)C)C(=O)C(=O)NCC=C. The van der Waals surface area contributed by atoms with Crippen LogP contribution in [0.3, 0.4) is 0 Å². The minimum atomic E-state index is -1.17. The number of nitrogens with one attached hydrogen (secondary N) is 4. The Morgan fingerprint density at radius 3 is 2.20 bits per heavy atom. The number of fused-ring (bicyclic) bond motifs is 1. The molecular formula is C38H60N6O6. The highest BCUT2D eigenvalue weighted by Crippen LogP contribution is 2.65. The first-order valence-electron chi connectivity index (χ1n) is 17.8. The van der Waals surface area contributed by atoms with Crippen LogP contribution in [0.25, 0.3) is 0 Å². The molecule has 1 saturated carbocycles. The minimum Gasteiger partial charge on any atom is -0.346 e. The third-order valence-electron chi connectivity index (χ3n) is 10.8. The molecule has 0 bridgehead atoms. The number of carbonyl (C=O) groups is 6. The van der Waals surface area contributed by atoms with Crippen molar-refractivity contribution in [2.24, 2.45) is 33.5 Å². The van der Waals surface area contributed by atoms with Gasteiger partial charge in [0.1, 0.15) is 12.1 Å². The molecule has 0 aromatic rings. The minimum absolute atomic E-state index is 0.0460. The van der Waals surface area contributed by atoms with E-state index in [1.165, 1.54) is 11.0 Å². The van der Waals surface area contributed by atoms with Crippen LogP contribution in [0.4, 0.5) is 4.79 Å². The first kappa shape index (κ1) is 40.5. The van der Waals surface area contributed by atoms with Crippen molar-refractivity contribution in [1.29, 1.82) is 0 Å². The number of piperidine rings is 2. The van der Waals surface area contributed by atoms with Crippen LogP contribution < -0.4 is 21.3 Å². The van der Waals surface area contributed by atoms with E-state index in [0.717, 1.165) is 6.42 Å². The second kappa shape index (κ2) is 15.2. The lowest BCUT2D eigenvalue weighted by Crippen LogP contribution is -2.63. The summed E-state index contributed by atoms with van der Waals surface area (Å²) in [7, 11) is 0. The Hall–Kier alpha value is -3.88. The molecule has 2 saturated heterocycles. The van der Waals surface area contributed by atoms with Crippen LogP contribution in [0, 0.1) is 45.8 Å². The second-order valence-electron chi connectivity index (χ2n) is 17.8. The number of Topliss-reactive ketones (excluding diaryl/α,β-unsaturated/α-hetero) is 1. The molecule has 3 aliphatic rings. The molecule has 0 aromatic carbocycles. The number of carbonyl (C=O) groups excluding carboxylic acids is 6. The standard InChI is InChI=1S/C38H60N6O6/c1-13-15-16-24(29(46)32(48)39-18-14-2)40-31(47)28-27-23(38(27,11)12)21-44(28)33(49)30(36(6,7)8)42-34(50)41-25(35(3,4)5)22-43-19-17-37(9,10)20-26(43)45/h1,14,23-25,27-28,30H,2,15-22H2,3-12H3,(H,39,48)(H,40,47)(H2,41,42,50)/t23-,24?,25-,27-,28-,30+/m0/s1. The average molecular weight is 697 g/mol. The Morgan fingerprint density at radius 2 is 1.66 bits per heavy atom. The predicted molar refractivity (Wildman–Crippen MR) is 192 cm³/mol. The summed E-state index contributed by atoms with van der Waals surface area (Å²) >= 11 is 0. The fourth-order valence-electron chi connectivity index (χ4n) is 7.24. The molecule has 0 aromatic heterocycles. The molecule has 2 heterocycles. The number of nitrogens with zero attached hydrogens (tertiary/aromatic N) is 2. The van der Waals surface area contributed by atoms with E-state index in [9.17, 15) is 28.8 Å². The van der Waals surface area contributed by atoms with E-state index in [0.29, 0.717) is 26.1 Å². The average Bonchev–Trinajstić information content (AvgIpc) is 3.31. The number of rotatable bonds is 13. The van der Waals surface area contributed by atoms with E-state index in [4.69, 9.17) is 6.42 Å². The Morgan fingerprint density at radius 1 is 1.02 bits per heavy atom. The van der Waals surface area contributed by atoms with Crippen LogP contribution in [-0.4, -0.2) is 95.6 Å². The van der Waals surface area contributed by atoms with E-state index in [2.05, 4.69) is 47.6 Å². The maximum absolute atomic E-state index is 14.4. The normalized spacial score (nSPS) is 24.1. The molecule has 0 radical (unpaired) electrons. The number of terminal acetylenes is 1. The molecule has 278 valence electrons. The molecule has 1 unspecified atom stereocenters. The zero-order valence-corrected chi connectivity index (χ0v) is 31.8. The Kier molecular flexibility index (Phi) is 12.3. The summed E-state index contributed by atoms with van der Waals surface area (Å²) in [5.41, 5.74) is -1.42. The van der Waals surface area contributed by atoms with E-state index in [1.54, 1.807) is 4.90 Å². The molecule has 12 nitrogen and oxygen atoms in total. The zero-order valence-electron chi connectivity index (χ0n) is 31.8. The van der Waals surface area contributed by atoms with Crippen molar-refractivity contribution >= 4 is 35.4 Å². The van der Waals surface area contributed by atoms with E-state index < -0.39 is 64.5 Å². The van der Waals surface area contributed by atoms with Crippen molar-refractivity contribution in [3.05, 3.63) is 12.7 Å². The molecule has 12 heteroatoms. The highest BCUT2D eigenvalue weighted by atomic mass is 16.2. The Balaban J connectivity index is 1.82. The molecule has 2 aliphatic heterocycles. The molecule has 4 N–H and O–H groups in total. The maximum atomic E-state index is 14.4. The van der Waals surface area contributed by atoms with E-state index in [-0.39, 0.29) is 48.0 Å². The highest BCUT2D eigenvalue weighted by Gasteiger charge is 2.70. The van der Waals surface area contributed by atoms with Crippen LogP contribution in [0.1, 0.15) is 94.9 Å². The summed E-state index contributed by atoms with van der Waals surface area (Å²) in [5.74, 6) is -0.250. The Labute approximate surface area is 298 Å². The molecule has 0 spiro atoms. The Bertz CT molecular complexity index is 1400. The lowest BCUT2D eigenvalue weighted by Gasteiger charge is -2.41. The van der Waals surface area contributed by atoms with Gasteiger partial charge < -0.3 is 31.1 Å². The number of urea groups is 1. The van der Waals surface area contributed by atoms with Crippen molar-refractivity contribution in [3.63, 3.8) is 0 Å². The number of hydrogen-bond acceptors (Lipinski definition) is 6. The van der Waals surface area contributed by atoms with Gasteiger partial charge in [0.05, 0.1) is 12.1 Å². The van der Waals surface area contributed by atoms with Gasteiger partial charge in [-0.15, -0.1) is 18.9 Å². The van der Waals surface area contributed by atoms with Crippen molar-refractivity contribution in [2.45, 2.75) is 119 Å². The predicted octanol–water partition coefficient (Wildman–Crippen LogP) is 3.02. The second-order valence-corrected chi connectivity index (χ2v) is 17.8. The van der Waals surface area contributed by atoms with Gasteiger partial charge in [-0.25, -0.2) is 4.79 Å². The molecule has 3 fully saturated rings.